The molecule has 3 rings (SSSR count). The topological polar surface area (TPSA) is 45.5 Å². The number of aliphatic imine (C=N–C) groups is 1. The summed E-state index contributed by atoms with van der Waals surface area (Å²) < 4.78 is 0.997. The van der Waals surface area contributed by atoms with E-state index in [0.717, 1.165) is 10.2 Å². The van der Waals surface area contributed by atoms with Gasteiger partial charge in [-0.1, -0.05) is 35.1 Å². The van der Waals surface area contributed by atoms with Crippen LogP contribution in [0.2, 0.25) is 5.02 Å². The molecule has 2 aromatic carbocycles. The molecule has 0 bridgehead atoms. The molecule has 5 heteroatoms. The van der Waals surface area contributed by atoms with E-state index in [1.165, 1.54) is 11.3 Å². The number of rotatable bonds is 2. The zero-order valence-corrected chi connectivity index (χ0v) is 11.3. The zero-order chi connectivity index (χ0) is 13.2. The van der Waals surface area contributed by atoms with Crippen LogP contribution in [0.25, 0.3) is 10.2 Å². The summed E-state index contributed by atoms with van der Waals surface area (Å²) in [5, 5.41) is 11.0. The lowest BCUT2D eigenvalue weighted by Gasteiger charge is -1.95. The second-order valence-electron chi connectivity index (χ2n) is 3.93. The van der Waals surface area contributed by atoms with E-state index < -0.39 is 0 Å². The Labute approximate surface area is 118 Å². The number of para-hydroxylation sites is 1. The van der Waals surface area contributed by atoms with Gasteiger partial charge in [0.25, 0.3) is 0 Å². The first-order chi connectivity index (χ1) is 9.22. The number of phenols is 1. The zero-order valence-electron chi connectivity index (χ0n) is 9.75. The lowest BCUT2D eigenvalue weighted by atomic mass is 10.2. The average Bonchev–Trinajstić information content (AvgIpc) is 2.79. The van der Waals surface area contributed by atoms with Gasteiger partial charge < -0.3 is 5.11 Å². The second kappa shape index (κ2) is 4.99. The molecule has 0 saturated carbocycles. The SMILES string of the molecule is Oc1ccccc1/C=N/c1nc2ccc(Cl)cc2s1. The fourth-order valence-corrected chi connectivity index (χ4v) is 2.75. The second-order valence-corrected chi connectivity index (χ2v) is 5.37. The van der Waals surface area contributed by atoms with E-state index in [4.69, 9.17) is 11.6 Å². The maximum absolute atomic E-state index is 9.64. The summed E-state index contributed by atoms with van der Waals surface area (Å²) in [6.45, 7) is 0. The minimum Gasteiger partial charge on any atom is -0.507 e. The maximum Gasteiger partial charge on any atom is 0.210 e. The van der Waals surface area contributed by atoms with Crippen molar-refractivity contribution in [3.05, 3.63) is 53.1 Å². The summed E-state index contributed by atoms with van der Waals surface area (Å²) in [6.07, 6.45) is 1.61. The van der Waals surface area contributed by atoms with E-state index in [1.807, 2.05) is 18.2 Å². The van der Waals surface area contributed by atoms with E-state index in [0.29, 0.717) is 15.7 Å². The van der Waals surface area contributed by atoms with Crippen molar-refractivity contribution in [1.82, 2.24) is 4.98 Å². The average molecular weight is 289 g/mol. The predicted molar refractivity (Wildman–Crippen MR) is 80.0 cm³/mol. The normalized spacial score (nSPS) is 11.4. The molecule has 1 aromatic heterocycles. The maximum atomic E-state index is 9.64. The summed E-state index contributed by atoms with van der Waals surface area (Å²) in [7, 11) is 0. The molecule has 0 amide bonds. The van der Waals surface area contributed by atoms with Crippen LogP contribution in [0.5, 0.6) is 5.75 Å². The number of hydrogen-bond acceptors (Lipinski definition) is 4. The first-order valence-electron chi connectivity index (χ1n) is 5.60. The van der Waals surface area contributed by atoms with Crippen LogP contribution in [0, 0.1) is 0 Å². The van der Waals surface area contributed by atoms with Crippen molar-refractivity contribution >= 4 is 44.5 Å². The van der Waals surface area contributed by atoms with E-state index in [2.05, 4.69) is 9.98 Å². The molecule has 0 unspecified atom stereocenters. The van der Waals surface area contributed by atoms with Gasteiger partial charge in [-0.2, -0.15) is 0 Å². The Hall–Kier alpha value is -1.91. The third-order valence-electron chi connectivity index (χ3n) is 2.59. The van der Waals surface area contributed by atoms with E-state index in [-0.39, 0.29) is 5.75 Å². The van der Waals surface area contributed by atoms with E-state index in [1.54, 1.807) is 30.5 Å². The van der Waals surface area contributed by atoms with Crippen LogP contribution in [0.3, 0.4) is 0 Å². The molecule has 0 aliphatic heterocycles. The number of benzene rings is 2. The summed E-state index contributed by atoms with van der Waals surface area (Å²) >= 11 is 7.39. The van der Waals surface area contributed by atoms with Gasteiger partial charge >= 0.3 is 0 Å². The standard InChI is InChI=1S/C14H9ClN2OS/c15-10-5-6-11-13(7-10)19-14(17-11)16-8-9-3-1-2-4-12(9)18/h1-8,18H/b16-8+. The summed E-state index contributed by atoms with van der Waals surface area (Å²) in [5.74, 6) is 0.204. The summed E-state index contributed by atoms with van der Waals surface area (Å²) in [5.41, 5.74) is 1.54. The molecule has 3 nitrogen and oxygen atoms in total. The number of hydrogen-bond donors (Lipinski definition) is 1. The van der Waals surface area contributed by atoms with Gasteiger partial charge in [-0.15, -0.1) is 0 Å². The molecule has 0 fully saturated rings. The van der Waals surface area contributed by atoms with Crippen LogP contribution in [0.1, 0.15) is 5.56 Å². The molecule has 3 aromatic rings. The molecule has 1 heterocycles. The van der Waals surface area contributed by atoms with Crippen molar-refractivity contribution in [2.75, 3.05) is 0 Å². The highest BCUT2D eigenvalue weighted by Crippen LogP contribution is 2.30. The van der Waals surface area contributed by atoms with Gasteiger partial charge in [0.2, 0.25) is 5.13 Å². The van der Waals surface area contributed by atoms with Crippen molar-refractivity contribution in [2.45, 2.75) is 0 Å². The van der Waals surface area contributed by atoms with Gasteiger partial charge in [-0.3, -0.25) is 0 Å². The van der Waals surface area contributed by atoms with Crippen molar-refractivity contribution in [3.63, 3.8) is 0 Å². The predicted octanol–water partition coefficient (Wildman–Crippen LogP) is 4.41. The number of halogens is 1. The molecule has 1 N–H and O–H groups in total. The molecule has 19 heavy (non-hydrogen) atoms. The lowest BCUT2D eigenvalue weighted by molar-refractivity contribution is 0.474. The molecule has 0 saturated heterocycles. The molecular formula is C14H9ClN2OS. The molecule has 0 aliphatic rings. The van der Waals surface area contributed by atoms with Gasteiger partial charge in [0, 0.05) is 16.8 Å². The van der Waals surface area contributed by atoms with Gasteiger partial charge in [-0.05, 0) is 30.3 Å². The van der Waals surface area contributed by atoms with Crippen molar-refractivity contribution in [2.24, 2.45) is 4.99 Å². The molecule has 0 aliphatic carbocycles. The van der Waals surface area contributed by atoms with Crippen LogP contribution < -0.4 is 0 Å². The van der Waals surface area contributed by atoms with Crippen LogP contribution in [-0.2, 0) is 0 Å². The molecule has 0 spiro atoms. The van der Waals surface area contributed by atoms with Crippen LogP contribution in [0.4, 0.5) is 5.13 Å². The minimum absolute atomic E-state index is 0.204. The fourth-order valence-electron chi connectivity index (χ4n) is 1.66. The quantitative estimate of drug-likeness (QED) is 0.710. The number of aromatic hydroxyl groups is 1. The number of phenolic OH excluding ortho intramolecular Hbond substituents is 1. The van der Waals surface area contributed by atoms with Gasteiger partial charge in [0.15, 0.2) is 0 Å². The Bertz CT molecular complexity index is 767. The van der Waals surface area contributed by atoms with Gasteiger partial charge in [0.1, 0.15) is 5.75 Å². The smallest absolute Gasteiger partial charge is 0.210 e. The van der Waals surface area contributed by atoms with Gasteiger partial charge in [-0.25, -0.2) is 9.98 Å². The van der Waals surface area contributed by atoms with Crippen LogP contribution >= 0.6 is 22.9 Å². The van der Waals surface area contributed by atoms with Crippen LogP contribution in [0.15, 0.2) is 47.5 Å². The monoisotopic (exact) mass is 288 g/mol. The Kier molecular flexibility index (Phi) is 3.19. The Balaban J connectivity index is 1.95. The van der Waals surface area contributed by atoms with E-state index >= 15 is 0 Å². The first kappa shape index (κ1) is 12.1. The Morgan fingerprint density at radius 1 is 1.21 bits per heavy atom. The third kappa shape index (κ3) is 2.59. The molecule has 94 valence electrons. The Morgan fingerprint density at radius 3 is 2.89 bits per heavy atom. The highest BCUT2D eigenvalue weighted by molar-refractivity contribution is 7.22. The van der Waals surface area contributed by atoms with Gasteiger partial charge in [0.05, 0.1) is 10.2 Å². The van der Waals surface area contributed by atoms with Crippen molar-refractivity contribution in [3.8, 4) is 5.75 Å². The minimum atomic E-state index is 0.204. The van der Waals surface area contributed by atoms with Crippen molar-refractivity contribution in [1.29, 1.82) is 0 Å². The highest BCUT2D eigenvalue weighted by Gasteiger charge is 2.03. The Morgan fingerprint density at radius 2 is 2.05 bits per heavy atom. The molecular weight excluding hydrogens is 280 g/mol. The largest absolute Gasteiger partial charge is 0.507 e. The van der Waals surface area contributed by atoms with Crippen molar-refractivity contribution < 1.29 is 5.11 Å². The summed E-state index contributed by atoms with van der Waals surface area (Å²) in [6, 6.07) is 12.6. The number of fused-ring (bicyclic) bond motifs is 1. The first-order valence-corrected chi connectivity index (χ1v) is 6.80. The number of nitrogens with zero attached hydrogens (tertiary/aromatic N) is 2. The third-order valence-corrected chi connectivity index (χ3v) is 3.75. The molecule has 0 atom stereocenters. The van der Waals surface area contributed by atoms with E-state index in [9.17, 15) is 5.11 Å². The fraction of sp³-hybridized carbons (Fsp3) is 0. The highest BCUT2D eigenvalue weighted by atomic mass is 35.5. The van der Waals surface area contributed by atoms with Crippen LogP contribution in [-0.4, -0.2) is 16.3 Å². The number of aromatic nitrogens is 1. The lowest BCUT2D eigenvalue weighted by Crippen LogP contribution is -1.80. The summed E-state index contributed by atoms with van der Waals surface area (Å²) in [4.78, 5) is 8.66. The number of thiazole rings is 1. The molecule has 0 radical (unpaired) electrons.